The molecule has 2 heterocycles. The number of morpholine rings is 1. The Hall–Kier alpha value is -2.23. The Morgan fingerprint density at radius 1 is 1.25 bits per heavy atom. The summed E-state index contributed by atoms with van der Waals surface area (Å²) in [4.78, 5) is 31.8. The van der Waals surface area contributed by atoms with Crippen molar-refractivity contribution in [1.82, 2.24) is 14.5 Å². The van der Waals surface area contributed by atoms with Crippen LogP contribution in [-0.2, 0) is 28.9 Å². The monoisotopic (exact) mass is 460 g/mol. The lowest BCUT2D eigenvalue weighted by Crippen LogP contribution is -2.37. The van der Waals surface area contributed by atoms with Crippen molar-refractivity contribution in [1.29, 1.82) is 0 Å². The van der Waals surface area contributed by atoms with Gasteiger partial charge < -0.3 is 10.1 Å². The molecule has 0 saturated carbocycles. The molecule has 1 aromatic heterocycles. The van der Waals surface area contributed by atoms with E-state index in [1.54, 1.807) is 19.1 Å². The lowest BCUT2D eigenvalue weighted by molar-refractivity contribution is -0.113. The fourth-order valence-electron chi connectivity index (χ4n) is 4.21. The third-order valence-corrected chi connectivity index (χ3v) is 6.97. The van der Waals surface area contributed by atoms with Crippen molar-refractivity contribution in [2.24, 2.45) is 0 Å². The molecular weight excluding hydrogens is 431 g/mol. The minimum atomic E-state index is -0.354. The van der Waals surface area contributed by atoms with E-state index in [0.29, 0.717) is 22.8 Å². The van der Waals surface area contributed by atoms with Crippen LogP contribution in [0.25, 0.3) is 0 Å². The quantitative estimate of drug-likeness (QED) is 0.482. The third-order valence-electron chi connectivity index (χ3n) is 5.96. The van der Waals surface area contributed by atoms with Crippen molar-refractivity contribution in [3.05, 3.63) is 51.3 Å². The first-order valence-electron chi connectivity index (χ1n) is 11.1. The van der Waals surface area contributed by atoms with Crippen LogP contribution in [0.4, 0.5) is 10.1 Å². The van der Waals surface area contributed by atoms with Crippen molar-refractivity contribution in [3.8, 4) is 0 Å². The average Bonchev–Trinajstić information content (AvgIpc) is 3.27. The molecule has 32 heavy (non-hydrogen) atoms. The van der Waals surface area contributed by atoms with Gasteiger partial charge in [-0.25, -0.2) is 9.18 Å². The maximum Gasteiger partial charge on any atom is 0.348 e. The summed E-state index contributed by atoms with van der Waals surface area (Å²) >= 11 is 1.28. The number of amides is 1. The molecule has 1 saturated heterocycles. The van der Waals surface area contributed by atoms with Gasteiger partial charge >= 0.3 is 5.69 Å². The van der Waals surface area contributed by atoms with Gasteiger partial charge in [-0.3, -0.25) is 14.3 Å². The maximum absolute atomic E-state index is 13.7. The highest BCUT2D eigenvalue weighted by atomic mass is 32.2. The summed E-state index contributed by atoms with van der Waals surface area (Å²) in [6.07, 6.45) is 3.63. The first kappa shape index (κ1) is 22.9. The zero-order chi connectivity index (χ0) is 22.5. The maximum atomic E-state index is 13.7. The Bertz CT molecular complexity index is 1040. The third kappa shape index (κ3) is 5.57. The molecule has 1 amide bonds. The van der Waals surface area contributed by atoms with Crippen molar-refractivity contribution in [2.75, 3.05) is 43.9 Å². The molecule has 2 aliphatic rings. The highest BCUT2D eigenvalue weighted by Gasteiger charge is 2.22. The number of halogens is 1. The van der Waals surface area contributed by atoms with Gasteiger partial charge in [0.05, 0.1) is 19.0 Å². The zero-order valence-corrected chi connectivity index (χ0v) is 19.2. The molecule has 1 aromatic carbocycles. The summed E-state index contributed by atoms with van der Waals surface area (Å²) < 4.78 is 20.9. The molecule has 1 aliphatic carbocycles. The van der Waals surface area contributed by atoms with E-state index < -0.39 is 0 Å². The van der Waals surface area contributed by atoms with Crippen LogP contribution in [0.1, 0.15) is 29.7 Å². The summed E-state index contributed by atoms with van der Waals surface area (Å²) in [6, 6.07) is 4.62. The van der Waals surface area contributed by atoms with Crippen molar-refractivity contribution in [2.45, 2.75) is 44.2 Å². The number of benzene rings is 1. The number of aryl methyl sites for hydroxylation is 1. The van der Waals surface area contributed by atoms with Gasteiger partial charge in [0.15, 0.2) is 0 Å². The number of carbonyl (C=O) groups is 1. The molecule has 0 unspecified atom stereocenters. The van der Waals surface area contributed by atoms with Crippen LogP contribution in [0.15, 0.2) is 28.0 Å². The van der Waals surface area contributed by atoms with Crippen LogP contribution < -0.4 is 11.0 Å². The second-order valence-electron chi connectivity index (χ2n) is 8.24. The van der Waals surface area contributed by atoms with E-state index in [1.165, 1.54) is 17.8 Å². The Kier molecular flexibility index (Phi) is 7.59. The number of nitrogens with zero attached hydrogens (tertiary/aromatic N) is 3. The fourth-order valence-corrected chi connectivity index (χ4v) is 5.09. The molecule has 0 radical (unpaired) electrons. The lowest BCUT2D eigenvalue weighted by atomic mass is 10.2. The van der Waals surface area contributed by atoms with Gasteiger partial charge in [-0.1, -0.05) is 17.8 Å². The summed E-state index contributed by atoms with van der Waals surface area (Å²) in [5, 5.41) is 3.36. The lowest BCUT2D eigenvalue weighted by Gasteiger charge is -2.26. The summed E-state index contributed by atoms with van der Waals surface area (Å²) in [7, 11) is 0. The van der Waals surface area contributed by atoms with E-state index in [2.05, 4.69) is 15.2 Å². The summed E-state index contributed by atoms with van der Waals surface area (Å²) in [5.74, 6) is -0.483. The van der Waals surface area contributed by atoms with Gasteiger partial charge in [0, 0.05) is 43.1 Å². The Morgan fingerprint density at radius 3 is 2.84 bits per heavy atom. The van der Waals surface area contributed by atoms with Crippen LogP contribution in [0.3, 0.4) is 0 Å². The van der Waals surface area contributed by atoms with Gasteiger partial charge in [-0.05, 0) is 50.3 Å². The minimum Gasteiger partial charge on any atom is -0.379 e. The molecule has 1 fully saturated rings. The second kappa shape index (κ2) is 10.6. The van der Waals surface area contributed by atoms with Crippen LogP contribution in [0.2, 0.25) is 0 Å². The first-order valence-corrected chi connectivity index (χ1v) is 12.1. The number of fused-ring (bicyclic) bond motifs is 1. The van der Waals surface area contributed by atoms with E-state index in [4.69, 9.17) is 4.74 Å². The normalized spacial score (nSPS) is 16.2. The number of rotatable bonds is 8. The molecule has 0 atom stereocenters. The largest absolute Gasteiger partial charge is 0.379 e. The Labute approximate surface area is 191 Å². The van der Waals surface area contributed by atoms with Gasteiger partial charge in [0.2, 0.25) is 5.91 Å². The van der Waals surface area contributed by atoms with E-state index in [1.807, 2.05) is 4.57 Å². The van der Waals surface area contributed by atoms with Crippen LogP contribution in [0, 0.1) is 12.7 Å². The number of hydrogen-bond donors (Lipinski definition) is 1. The van der Waals surface area contributed by atoms with E-state index in [0.717, 1.165) is 69.8 Å². The first-order chi connectivity index (χ1) is 15.5. The number of thioether (sulfide) groups is 1. The molecule has 2 aromatic rings. The predicted molar refractivity (Wildman–Crippen MR) is 123 cm³/mol. The Balaban J connectivity index is 1.37. The molecule has 172 valence electrons. The van der Waals surface area contributed by atoms with E-state index in [9.17, 15) is 14.0 Å². The van der Waals surface area contributed by atoms with Gasteiger partial charge in [-0.2, -0.15) is 4.98 Å². The van der Waals surface area contributed by atoms with Gasteiger partial charge in [0.1, 0.15) is 10.8 Å². The number of carbonyl (C=O) groups excluding carboxylic acids is 1. The van der Waals surface area contributed by atoms with Crippen molar-refractivity contribution >= 4 is 23.4 Å². The molecule has 7 nitrogen and oxygen atoms in total. The van der Waals surface area contributed by atoms with Crippen molar-refractivity contribution in [3.63, 3.8) is 0 Å². The van der Waals surface area contributed by atoms with E-state index in [-0.39, 0.29) is 23.2 Å². The highest BCUT2D eigenvalue weighted by molar-refractivity contribution is 8.00. The standard InChI is InChI=1S/C23H29FN4O3S/c1-16-6-7-17(14-19(16)24)25-21(29)15-32-22-18-4-2-5-20(18)28(23(30)26-22)9-3-8-27-10-12-31-13-11-27/h6-7,14H,2-5,8-13,15H2,1H3,(H,25,29). The molecule has 1 aliphatic heterocycles. The summed E-state index contributed by atoms with van der Waals surface area (Å²) in [6.45, 7) is 6.71. The second-order valence-corrected chi connectivity index (χ2v) is 9.20. The number of aromatic nitrogens is 2. The van der Waals surface area contributed by atoms with Crippen LogP contribution in [-0.4, -0.2) is 59.0 Å². The molecular formula is C23H29FN4O3S. The topological polar surface area (TPSA) is 76.5 Å². The van der Waals surface area contributed by atoms with E-state index >= 15 is 0 Å². The minimum absolute atomic E-state index is 0.120. The van der Waals surface area contributed by atoms with Crippen LogP contribution >= 0.6 is 11.8 Å². The highest BCUT2D eigenvalue weighted by Crippen LogP contribution is 2.29. The number of ether oxygens (including phenoxy) is 1. The molecule has 4 rings (SSSR count). The van der Waals surface area contributed by atoms with Gasteiger partial charge in [0.25, 0.3) is 0 Å². The molecule has 9 heteroatoms. The smallest absolute Gasteiger partial charge is 0.348 e. The molecule has 0 spiro atoms. The average molecular weight is 461 g/mol. The van der Waals surface area contributed by atoms with Crippen LogP contribution in [0.5, 0.6) is 0 Å². The Morgan fingerprint density at radius 2 is 2.06 bits per heavy atom. The molecule has 1 N–H and O–H groups in total. The SMILES string of the molecule is Cc1ccc(NC(=O)CSc2nc(=O)n(CCCN3CCOCC3)c3c2CCC3)cc1F. The number of anilines is 1. The summed E-state index contributed by atoms with van der Waals surface area (Å²) in [5.41, 5.74) is 2.87. The predicted octanol–water partition coefficient (Wildman–Crippen LogP) is 2.63. The zero-order valence-electron chi connectivity index (χ0n) is 18.4. The molecule has 0 bridgehead atoms. The number of hydrogen-bond acceptors (Lipinski definition) is 6. The van der Waals surface area contributed by atoms with Crippen molar-refractivity contribution < 1.29 is 13.9 Å². The van der Waals surface area contributed by atoms with Gasteiger partial charge in [-0.15, -0.1) is 0 Å². The fraction of sp³-hybridized carbons (Fsp3) is 0.522. The number of nitrogens with one attached hydrogen (secondary N) is 1.